The van der Waals surface area contributed by atoms with Gasteiger partial charge < -0.3 is 10.5 Å². The molecule has 0 amide bonds. The lowest BCUT2D eigenvalue weighted by molar-refractivity contribution is -0.118. The van der Waals surface area contributed by atoms with Gasteiger partial charge in [0.1, 0.15) is 18.2 Å². The number of hydrogen-bond acceptors (Lipinski definition) is 5. The summed E-state index contributed by atoms with van der Waals surface area (Å²) in [7, 11) is 0. The number of ketones is 1. The highest BCUT2D eigenvalue weighted by Crippen LogP contribution is 2.51. The Bertz CT molecular complexity index is 1610. The molecule has 2 N–H and O–H groups in total. The van der Waals surface area contributed by atoms with Crippen LogP contribution in [0.5, 0.6) is 5.75 Å². The number of nitrogens with two attached hydrogens (primary N) is 1. The van der Waals surface area contributed by atoms with Gasteiger partial charge >= 0.3 is 0 Å². The van der Waals surface area contributed by atoms with Crippen molar-refractivity contribution >= 4 is 27.4 Å². The summed E-state index contributed by atoms with van der Waals surface area (Å²) in [6.07, 6.45) is 1.09. The Morgan fingerprint density at radius 3 is 2.45 bits per heavy atom. The van der Waals surface area contributed by atoms with Crippen LogP contribution in [0.2, 0.25) is 0 Å². The second-order valence-electron chi connectivity index (χ2n) is 11.7. The molecule has 3 aromatic carbocycles. The van der Waals surface area contributed by atoms with E-state index in [4.69, 9.17) is 10.5 Å². The molecule has 0 bridgehead atoms. The maximum Gasteiger partial charge on any atom is 0.162 e. The van der Waals surface area contributed by atoms with Crippen LogP contribution in [0, 0.1) is 37.5 Å². The standard InChI is InChI=1S/C34H34BrN3O2/c1-20-9-11-26(12-10-20)40-19-23-14-27(22(3)13-21(23)2)31-28(18-36)33(37)38(25-8-6-7-24(35)15-25)29-16-34(4,5)17-30(39)32(29)31/h6-15,31H,16-17,19,37H2,1-5H3. The van der Waals surface area contributed by atoms with Gasteiger partial charge in [-0.1, -0.05) is 65.7 Å². The molecule has 1 heterocycles. The summed E-state index contributed by atoms with van der Waals surface area (Å²) in [4.78, 5) is 15.9. The molecule has 0 aromatic heterocycles. The molecule has 40 heavy (non-hydrogen) atoms. The minimum absolute atomic E-state index is 0.0638. The summed E-state index contributed by atoms with van der Waals surface area (Å²) in [5.74, 6) is 0.693. The molecule has 1 aliphatic carbocycles. The van der Waals surface area contributed by atoms with Crippen LogP contribution in [-0.4, -0.2) is 5.78 Å². The maximum absolute atomic E-state index is 13.9. The van der Waals surface area contributed by atoms with E-state index in [0.29, 0.717) is 36.4 Å². The second-order valence-corrected chi connectivity index (χ2v) is 12.6. The Morgan fingerprint density at radius 2 is 1.77 bits per heavy atom. The first-order chi connectivity index (χ1) is 19.0. The van der Waals surface area contributed by atoms with Crippen LogP contribution in [0.3, 0.4) is 0 Å². The zero-order chi connectivity index (χ0) is 28.8. The van der Waals surface area contributed by atoms with E-state index in [9.17, 15) is 10.1 Å². The van der Waals surface area contributed by atoms with E-state index in [-0.39, 0.29) is 11.2 Å². The van der Waals surface area contributed by atoms with E-state index in [2.05, 4.69) is 54.9 Å². The van der Waals surface area contributed by atoms with Gasteiger partial charge in [0.15, 0.2) is 5.78 Å². The normalized spacial score (nSPS) is 18.5. The number of benzene rings is 3. The molecule has 0 saturated carbocycles. The third kappa shape index (κ3) is 5.19. The van der Waals surface area contributed by atoms with Crippen LogP contribution in [0.4, 0.5) is 5.69 Å². The van der Waals surface area contributed by atoms with Gasteiger partial charge in [-0.15, -0.1) is 0 Å². The van der Waals surface area contributed by atoms with Crippen LogP contribution in [-0.2, 0) is 11.4 Å². The number of aryl methyl sites for hydroxylation is 3. The van der Waals surface area contributed by atoms with Crippen LogP contribution >= 0.6 is 15.9 Å². The van der Waals surface area contributed by atoms with Crippen molar-refractivity contribution in [3.8, 4) is 11.8 Å². The first-order valence-corrected chi connectivity index (χ1v) is 14.3. The molecule has 1 atom stereocenters. The Labute approximate surface area is 245 Å². The fourth-order valence-corrected chi connectivity index (χ4v) is 6.30. The zero-order valence-electron chi connectivity index (χ0n) is 23.6. The largest absolute Gasteiger partial charge is 0.489 e. The fraction of sp³-hybridized carbons (Fsp3) is 0.294. The molecule has 0 radical (unpaired) electrons. The van der Waals surface area contributed by atoms with Crippen LogP contribution in [0.15, 0.2) is 87.8 Å². The van der Waals surface area contributed by atoms with E-state index < -0.39 is 5.92 Å². The number of anilines is 1. The third-order valence-electron chi connectivity index (χ3n) is 7.90. The van der Waals surface area contributed by atoms with Crippen molar-refractivity contribution in [1.82, 2.24) is 0 Å². The van der Waals surface area contributed by atoms with Crippen molar-refractivity contribution in [1.29, 1.82) is 5.26 Å². The van der Waals surface area contributed by atoms with Crippen molar-refractivity contribution in [2.45, 2.75) is 60.0 Å². The van der Waals surface area contributed by atoms with Crippen molar-refractivity contribution in [3.05, 3.63) is 116 Å². The minimum atomic E-state index is -0.536. The lowest BCUT2D eigenvalue weighted by atomic mass is 9.68. The van der Waals surface area contributed by atoms with Crippen LogP contribution < -0.4 is 15.4 Å². The van der Waals surface area contributed by atoms with Crippen molar-refractivity contribution in [2.75, 3.05) is 4.90 Å². The highest BCUT2D eigenvalue weighted by atomic mass is 79.9. The second kappa shape index (κ2) is 10.6. The molecule has 1 aliphatic heterocycles. The number of Topliss-reactive ketones (excluding diaryl/α,β-unsaturated/α-hetero) is 1. The number of carbonyl (C=O) groups is 1. The zero-order valence-corrected chi connectivity index (χ0v) is 25.2. The highest BCUT2D eigenvalue weighted by molar-refractivity contribution is 9.10. The molecule has 2 aliphatic rings. The number of allylic oxidation sites excluding steroid dienone is 3. The SMILES string of the molecule is Cc1ccc(OCc2cc(C3C(C#N)=C(N)N(c4cccc(Br)c4)C4=C3C(=O)CC(C)(C)C4)c(C)cc2C)cc1. The molecule has 1 unspecified atom stereocenters. The number of nitrogens with zero attached hydrogens (tertiary/aromatic N) is 2. The molecule has 3 aromatic rings. The molecule has 0 fully saturated rings. The number of ether oxygens (including phenoxy) is 1. The number of rotatable bonds is 5. The van der Waals surface area contributed by atoms with Crippen LogP contribution in [0.1, 0.15) is 60.4 Å². The topological polar surface area (TPSA) is 79.3 Å². The maximum atomic E-state index is 13.9. The molecule has 204 valence electrons. The summed E-state index contributed by atoms with van der Waals surface area (Å²) >= 11 is 3.57. The van der Waals surface area contributed by atoms with Gasteiger partial charge in [0.05, 0.1) is 17.6 Å². The summed E-state index contributed by atoms with van der Waals surface area (Å²) < 4.78 is 7.03. The van der Waals surface area contributed by atoms with Gasteiger partial charge in [-0.05, 0) is 85.2 Å². The molecule has 0 saturated heterocycles. The monoisotopic (exact) mass is 595 g/mol. The first kappa shape index (κ1) is 27.7. The van der Waals surface area contributed by atoms with Gasteiger partial charge in [0.25, 0.3) is 0 Å². The smallest absolute Gasteiger partial charge is 0.162 e. The van der Waals surface area contributed by atoms with E-state index in [0.717, 1.165) is 43.9 Å². The molecular weight excluding hydrogens is 562 g/mol. The average Bonchev–Trinajstić information content (AvgIpc) is 2.88. The highest BCUT2D eigenvalue weighted by Gasteiger charge is 2.45. The van der Waals surface area contributed by atoms with Gasteiger partial charge in [0, 0.05) is 27.9 Å². The Balaban J connectivity index is 1.66. The lowest BCUT2D eigenvalue weighted by Crippen LogP contribution is -2.42. The van der Waals surface area contributed by atoms with Gasteiger partial charge in [-0.2, -0.15) is 5.26 Å². The summed E-state index contributed by atoms with van der Waals surface area (Å²) in [5.41, 5.74) is 14.6. The van der Waals surface area contributed by atoms with E-state index in [1.54, 1.807) is 0 Å². The number of hydrogen-bond donors (Lipinski definition) is 1. The summed E-state index contributed by atoms with van der Waals surface area (Å²) in [6.45, 7) is 10.8. The molecule has 5 rings (SSSR count). The van der Waals surface area contributed by atoms with E-state index in [1.807, 2.05) is 67.3 Å². The van der Waals surface area contributed by atoms with Gasteiger partial charge in [-0.25, -0.2) is 0 Å². The number of halogens is 1. The average molecular weight is 597 g/mol. The van der Waals surface area contributed by atoms with Gasteiger partial charge in [0.2, 0.25) is 0 Å². The number of nitriles is 1. The predicted molar refractivity (Wildman–Crippen MR) is 163 cm³/mol. The molecule has 0 spiro atoms. The van der Waals surface area contributed by atoms with E-state index >= 15 is 0 Å². The summed E-state index contributed by atoms with van der Waals surface area (Å²) in [5, 5.41) is 10.5. The minimum Gasteiger partial charge on any atom is -0.489 e. The Morgan fingerprint density at radius 1 is 1.05 bits per heavy atom. The first-order valence-electron chi connectivity index (χ1n) is 13.5. The molecule has 6 heteroatoms. The Hall–Kier alpha value is -3.82. The van der Waals surface area contributed by atoms with Crippen molar-refractivity contribution < 1.29 is 9.53 Å². The van der Waals surface area contributed by atoms with Gasteiger partial charge in [-0.3, -0.25) is 9.69 Å². The fourth-order valence-electron chi connectivity index (χ4n) is 5.91. The van der Waals surface area contributed by atoms with Crippen molar-refractivity contribution in [2.24, 2.45) is 11.1 Å². The molecule has 5 nitrogen and oxygen atoms in total. The van der Waals surface area contributed by atoms with Crippen LogP contribution in [0.25, 0.3) is 0 Å². The number of carbonyl (C=O) groups excluding carboxylic acids is 1. The Kier molecular flexibility index (Phi) is 7.37. The predicted octanol–water partition coefficient (Wildman–Crippen LogP) is 7.89. The quantitative estimate of drug-likeness (QED) is 0.324. The van der Waals surface area contributed by atoms with E-state index in [1.165, 1.54) is 5.56 Å². The van der Waals surface area contributed by atoms with Crippen molar-refractivity contribution in [3.63, 3.8) is 0 Å². The lowest BCUT2D eigenvalue weighted by Gasteiger charge is -2.44. The summed E-state index contributed by atoms with van der Waals surface area (Å²) in [6, 6.07) is 22.4. The molecular formula is C34H34BrN3O2. The third-order valence-corrected chi connectivity index (χ3v) is 8.39.